The Labute approximate surface area is 337 Å². The molecule has 0 bridgehead atoms. The molecule has 4 N–H and O–H groups in total. The summed E-state index contributed by atoms with van der Waals surface area (Å²) in [5.74, 6) is -5.37. The summed E-state index contributed by atoms with van der Waals surface area (Å²) in [6.45, 7) is 3.67. The lowest BCUT2D eigenvalue weighted by atomic mass is 9.98. The van der Waals surface area contributed by atoms with Gasteiger partial charge in [-0.15, -0.1) is 0 Å². The molecular weight excluding hydrogens is 766 g/mol. The van der Waals surface area contributed by atoms with Gasteiger partial charge in [0.1, 0.15) is 23.0 Å². The van der Waals surface area contributed by atoms with Crippen molar-refractivity contribution < 1.29 is 47.3 Å². The molecule has 2 heterocycles. The summed E-state index contributed by atoms with van der Waals surface area (Å²) in [5.41, 5.74) is 3.61. The molecule has 59 heavy (non-hydrogen) atoms. The Morgan fingerprint density at radius 1 is 0.593 bits per heavy atom. The van der Waals surface area contributed by atoms with Crippen LogP contribution in [0, 0.1) is 31.3 Å². The minimum absolute atomic E-state index is 0.0323. The number of carboxylic acids is 2. The van der Waals surface area contributed by atoms with E-state index < -0.39 is 53.3 Å². The van der Waals surface area contributed by atoms with Crippen LogP contribution >= 0.6 is 0 Å². The molecule has 2 atom stereocenters. The first-order chi connectivity index (χ1) is 28.2. The van der Waals surface area contributed by atoms with Gasteiger partial charge in [-0.25, -0.2) is 23.1 Å². The number of amides is 2. The van der Waals surface area contributed by atoms with Crippen molar-refractivity contribution in [2.75, 3.05) is 7.11 Å². The molecule has 0 fully saturated rings. The molecule has 0 unspecified atom stereocenters. The standard InChI is InChI=1S/C23H21FN2O4.C22H18F2N2O3/c1-14-6-3-4-7-16(14)21(13-22(27)28)26-23(29)20-9-5-8-19(25-20)17-12-15(30-2)10-11-18(17)24;1-13-6-2-3-7-14(13)19(12-20(27)28)26-22(29)18-11-5-10-17(25-18)15-8-4-9-16(23)21(15)24/h3-12,21H,13H2,1-2H3,(H,26,29)(H,27,28);2-11,19H,12H2,1H3,(H,26,29)(H,27,28)/t21-;19-/m00/s1. The highest BCUT2D eigenvalue weighted by atomic mass is 19.2. The Hall–Kier alpha value is -7.35. The number of nitrogens with one attached hydrogen (secondary N) is 2. The number of aromatic nitrogens is 2. The van der Waals surface area contributed by atoms with Gasteiger partial charge in [-0.2, -0.15) is 0 Å². The van der Waals surface area contributed by atoms with Crippen LogP contribution in [0.3, 0.4) is 0 Å². The van der Waals surface area contributed by atoms with E-state index >= 15 is 0 Å². The number of aliphatic carboxylic acids is 2. The minimum atomic E-state index is -1.07. The molecule has 0 radical (unpaired) electrons. The van der Waals surface area contributed by atoms with E-state index in [4.69, 9.17) is 4.74 Å². The second-order valence-electron chi connectivity index (χ2n) is 13.2. The second-order valence-corrected chi connectivity index (χ2v) is 13.2. The maximum absolute atomic E-state index is 14.3. The molecule has 14 heteroatoms. The lowest BCUT2D eigenvalue weighted by Crippen LogP contribution is -2.31. The number of ether oxygens (including phenoxy) is 1. The molecular formula is C45H39F3N4O7. The third kappa shape index (κ3) is 11.2. The van der Waals surface area contributed by atoms with E-state index in [0.717, 1.165) is 17.2 Å². The van der Waals surface area contributed by atoms with Gasteiger partial charge in [0.25, 0.3) is 11.8 Å². The average Bonchev–Trinajstić information content (AvgIpc) is 3.22. The molecule has 2 aromatic heterocycles. The Morgan fingerprint density at radius 2 is 1.07 bits per heavy atom. The van der Waals surface area contributed by atoms with Gasteiger partial charge in [0.15, 0.2) is 11.6 Å². The highest BCUT2D eigenvalue weighted by Crippen LogP contribution is 2.28. The zero-order chi connectivity index (χ0) is 42.6. The molecule has 4 aromatic carbocycles. The van der Waals surface area contributed by atoms with Gasteiger partial charge in [-0.05, 0) is 90.7 Å². The first kappa shape index (κ1) is 42.8. The number of pyridine rings is 2. The van der Waals surface area contributed by atoms with Gasteiger partial charge in [0.05, 0.1) is 43.4 Å². The zero-order valence-corrected chi connectivity index (χ0v) is 32.1. The summed E-state index contributed by atoms with van der Waals surface area (Å²) in [5, 5.41) is 23.9. The highest BCUT2D eigenvalue weighted by Gasteiger charge is 2.23. The molecule has 0 saturated heterocycles. The number of halogens is 3. The Bertz CT molecular complexity index is 2500. The van der Waals surface area contributed by atoms with Crippen molar-refractivity contribution in [3.63, 3.8) is 0 Å². The maximum Gasteiger partial charge on any atom is 0.305 e. The van der Waals surface area contributed by atoms with Crippen LogP contribution in [0.15, 0.2) is 121 Å². The SMILES string of the molecule is COc1ccc(F)c(-c2cccc(C(=O)N[C@@H](CC(=O)O)c3ccccc3C)n2)c1.Cc1ccccc1[C@H](CC(=O)O)NC(=O)c1cccc(-c2cccc(F)c2F)n1. The fourth-order valence-electron chi connectivity index (χ4n) is 6.20. The van der Waals surface area contributed by atoms with Crippen LogP contribution in [0.1, 0.15) is 68.2 Å². The number of benzene rings is 4. The Kier molecular flexibility index (Phi) is 14.3. The third-order valence-corrected chi connectivity index (χ3v) is 9.14. The van der Waals surface area contributed by atoms with E-state index in [1.54, 1.807) is 36.4 Å². The highest BCUT2D eigenvalue weighted by molar-refractivity contribution is 5.94. The molecule has 2 amide bonds. The number of carboxylic acid groups (broad SMARTS) is 2. The zero-order valence-electron chi connectivity index (χ0n) is 32.1. The first-order valence-electron chi connectivity index (χ1n) is 18.1. The molecule has 11 nitrogen and oxygen atoms in total. The number of aryl methyl sites for hydroxylation is 2. The average molecular weight is 805 g/mol. The second kappa shape index (κ2) is 19.7. The third-order valence-electron chi connectivity index (χ3n) is 9.14. The number of nitrogens with zero attached hydrogens (tertiary/aromatic N) is 2. The van der Waals surface area contributed by atoms with Crippen molar-refractivity contribution in [3.05, 3.63) is 172 Å². The van der Waals surface area contributed by atoms with Crippen molar-refractivity contribution in [1.82, 2.24) is 20.6 Å². The fraction of sp³-hybridized carbons (Fsp3) is 0.156. The largest absolute Gasteiger partial charge is 0.497 e. The molecule has 6 rings (SSSR count). The lowest BCUT2D eigenvalue weighted by molar-refractivity contribution is -0.138. The van der Waals surface area contributed by atoms with Gasteiger partial charge < -0.3 is 25.6 Å². The Balaban J connectivity index is 0.000000224. The van der Waals surface area contributed by atoms with Crippen molar-refractivity contribution >= 4 is 23.8 Å². The molecule has 0 aliphatic heterocycles. The number of carbonyl (C=O) groups is 4. The summed E-state index contributed by atoms with van der Waals surface area (Å²) in [7, 11) is 1.47. The molecule has 0 aliphatic rings. The maximum atomic E-state index is 14.3. The summed E-state index contributed by atoms with van der Waals surface area (Å²) < 4.78 is 47.0. The lowest BCUT2D eigenvalue weighted by Gasteiger charge is -2.19. The van der Waals surface area contributed by atoms with Crippen LogP contribution < -0.4 is 15.4 Å². The van der Waals surface area contributed by atoms with Gasteiger partial charge in [0.2, 0.25) is 0 Å². The molecule has 6 aromatic rings. The molecule has 302 valence electrons. The van der Waals surface area contributed by atoms with Crippen molar-refractivity contribution in [1.29, 1.82) is 0 Å². The number of carbonyl (C=O) groups excluding carboxylic acids is 2. The van der Waals surface area contributed by atoms with E-state index in [9.17, 15) is 42.6 Å². The van der Waals surface area contributed by atoms with Crippen LogP contribution in [-0.4, -0.2) is 51.0 Å². The molecule has 0 spiro atoms. The van der Waals surface area contributed by atoms with Crippen LogP contribution in [0.4, 0.5) is 13.2 Å². The van der Waals surface area contributed by atoms with E-state index in [-0.39, 0.29) is 46.7 Å². The predicted octanol–water partition coefficient (Wildman–Crippen LogP) is 8.43. The van der Waals surface area contributed by atoms with Crippen LogP contribution in [0.2, 0.25) is 0 Å². The van der Waals surface area contributed by atoms with Crippen molar-refractivity contribution in [3.8, 4) is 28.3 Å². The van der Waals surface area contributed by atoms with Gasteiger partial charge in [0, 0.05) is 11.1 Å². The van der Waals surface area contributed by atoms with Crippen LogP contribution in [-0.2, 0) is 9.59 Å². The van der Waals surface area contributed by atoms with E-state index in [2.05, 4.69) is 20.6 Å². The van der Waals surface area contributed by atoms with Gasteiger partial charge in [-0.3, -0.25) is 19.2 Å². The number of hydrogen-bond acceptors (Lipinski definition) is 7. The fourth-order valence-corrected chi connectivity index (χ4v) is 6.20. The van der Waals surface area contributed by atoms with E-state index in [0.29, 0.717) is 16.9 Å². The van der Waals surface area contributed by atoms with Crippen molar-refractivity contribution in [2.24, 2.45) is 0 Å². The summed E-state index contributed by atoms with van der Waals surface area (Å²) in [6, 6.07) is 29.9. The Morgan fingerprint density at radius 3 is 1.54 bits per heavy atom. The number of hydrogen-bond donors (Lipinski definition) is 4. The molecule has 0 aliphatic carbocycles. The number of rotatable bonds is 13. The summed E-state index contributed by atoms with van der Waals surface area (Å²) >= 11 is 0. The topological polar surface area (TPSA) is 168 Å². The summed E-state index contributed by atoms with van der Waals surface area (Å²) in [4.78, 5) is 56.6. The first-order valence-corrected chi connectivity index (χ1v) is 18.1. The monoisotopic (exact) mass is 804 g/mol. The summed E-state index contributed by atoms with van der Waals surface area (Å²) in [6.07, 6.45) is -0.588. The van der Waals surface area contributed by atoms with Crippen LogP contribution in [0.25, 0.3) is 22.5 Å². The minimum Gasteiger partial charge on any atom is -0.497 e. The number of methoxy groups -OCH3 is 1. The normalized spacial score (nSPS) is 11.6. The predicted molar refractivity (Wildman–Crippen MR) is 213 cm³/mol. The smallest absolute Gasteiger partial charge is 0.305 e. The molecule has 0 saturated carbocycles. The van der Waals surface area contributed by atoms with E-state index in [1.807, 2.05) is 38.1 Å². The van der Waals surface area contributed by atoms with E-state index in [1.165, 1.54) is 61.7 Å². The van der Waals surface area contributed by atoms with Gasteiger partial charge in [-0.1, -0.05) is 66.7 Å². The van der Waals surface area contributed by atoms with Crippen LogP contribution in [0.5, 0.6) is 5.75 Å². The quantitative estimate of drug-likeness (QED) is 0.0896. The van der Waals surface area contributed by atoms with Crippen molar-refractivity contribution in [2.45, 2.75) is 38.8 Å². The van der Waals surface area contributed by atoms with Gasteiger partial charge >= 0.3 is 11.9 Å².